The van der Waals surface area contributed by atoms with Crippen LogP contribution < -0.4 is 10.1 Å². The van der Waals surface area contributed by atoms with Crippen molar-refractivity contribution in [3.8, 4) is 5.75 Å². The maximum absolute atomic E-state index is 11.9. The SMILES string of the molecule is CCCCCCOC(=O)Nc1ccc(OC(=O)C2CCCC2=O)cc1. The van der Waals surface area contributed by atoms with Crippen LogP contribution in [0.25, 0.3) is 0 Å². The lowest BCUT2D eigenvalue weighted by Crippen LogP contribution is -2.23. The van der Waals surface area contributed by atoms with Crippen LogP contribution in [0.3, 0.4) is 0 Å². The monoisotopic (exact) mass is 347 g/mol. The lowest BCUT2D eigenvalue weighted by atomic mass is 10.1. The predicted octanol–water partition coefficient (Wildman–Crippen LogP) is 4.09. The van der Waals surface area contributed by atoms with Crippen LogP contribution in [-0.2, 0) is 14.3 Å². The number of hydrogen-bond acceptors (Lipinski definition) is 5. The molecule has 0 bridgehead atoms. The molecule has 1 aromatic carbocycles. The number of carbonyl (C=O) groups is 3. The summed E-state index contributed by atoms with van der Waals surface area (Å²) in [7, 11) is 0. The van der Waals surface area contributed by atoms with Crippen molar-refractivity contribution in [2.45, 2.75) is 51.9 Å². The van der Waals surface area contributed by atoms with Gasteiger partial charge >= 0.3 is 12.1 Å². The van der Waals surface area contributed by atoms with Crippen molar-refractivity contribution < 1.29 is 23.9 Å². The van der Waals surface area contributed by atoms with E-state index in [2.05, 4.69) is 12.2 Å². The molecule has 0 aromatic heterocycles. The first kappa shape index (κ1) is 19.0. The Morgan fingerprint density at radius 2 is 1.92 bits per heavy atom. The standard InChI is InChI=1S/C19H25NO5/c1-2-3-4-5-13-24-19(23)20-14-9-11-15(12-10-14)25-18(22)16-7-6-8-17(16)21/h9-12,16H,2-8,13H2,1H3,(H,20,23). The summed E-state index contributed by atoms with van der Waals surface area (Å²) in [6.07, 6.45) is 5.42. The molecular formula is C19H25NO5. The van der Waals surface area contributed by atoms with Gasteiger partial charge in [-0.15, -0.1) is 0 Å². The molecule has 6 nitrogen and oxygen atoms in total. The predicted molar refractivity (Wildman–Crippen MR) is 93.5 cm³/mol. The smallest absolute Gasteiger partial charge is 0.411 e. The van der Waals surface area contributed by atoms with Crippen LogP contribution in [0.1, 0.15) is 51.9 Å². The first-order valence-electron chi connectivity index (χ1n) is 8.88. The molecule has 25 heavy (non-hydrogen) atoms. The van der Waals surface area contributed by atoms with E-state index in [1.54, 1.807) is 24.3 Å². The molecule has 1 atom stereocenters. The fraction of sp³-hybridized carbons (Fsp3) is 0.526. The van der Waals surface area contributed by atoms with Gasteiger partial charge in [-0.2, -0.15) is 0 Å². The first-order valence-corrected chi connectivity index (χ1v) is 8.88. The molecule has 1 saturated carbocycles. The number of ketones is 1. The van der Waals surface area contributed by atoms with Gasteiger partial charge in [0.1, 0.15) is 17.5 Å². The molecule has 0 saturated heterocycles. The minimum absolute atomic E-state index is 0.0510. The van der Waals surface area contributed by atoms with Crippen LogP contribution in [0.4, 0.5) is 10.5 Å². The summed E-state index contributed by atoms with van der Waals surface area (Å²) in [5.41, 5.74) is 0.551. The summed E-state index contributed by atoms with van der Waals surface area (Å²) >= 11 is 0. The fourth-order valence-corrected chi connectivity index (χ4v) is 2.71. The van der Waals surface area contributed by atoms with Crippen molar-refractivity contribution in [1.29, 1.82) is 0 Å². The zero-order chi connectivity index (χ0) is 18.1. The summed E-state index contributed by atoms with van der Waals surface area (Å²) in [4.78, 5) is 35.2. The number of nitrogens with one attached hydrogen (secondary N) is 1. The Bertz CT molecular complexity index is 596. The maximum Gasteiger partial charge on any atom is 0.411 e. The van der Waals surface area contributed by atoms with Gasteiger partial charge in [0.05, 0.1) is 6.61 Å². The van der Waals surface area contributed by atoms with E-state index in [0.717, 1.165) is 32.1 Å². The molecule has 0 aliphatic heterocycles. The summed E-state index contributed by atoms with van der Waals surface area (Å²) in [5, 5.41) is 2.62. The zero-order valence-electron chi connectivity index (χ0n) is 14.6. The van der Waals surface area contributed by atoms with Crippen molar-refractivity contribution in [2.24, 2.45) is 5.92 Å². The number of esters is 1. The fourth-order valence-electron chi connectivity index (χ4n) is 2.71. The molecule has 6 heteroatoms. The number of hydrogen-bond donors (Lipinski definition) is 1. The molecule has 1 N–H and O–H groups in total. The quantitative estimate of drug-likeness (QED) is 0.331. The highest BCUT2D eigenvalue weighted by Crippen LogP contribution is 2.24. The van der Waals surface area contributed by atoms with E-state index < -0.39 is 18.0 Å². The third-order valence-electron chi connectivity index (χ3n) is 4.14. The number of ether oxygens (including phenoxy) is 2. The zero-order valence-corrected chi connectivity index (χ0v) is 14.6. The average Bonchev–Trinajstić information content (AvgIpc) is 3.02. The molecule has 1 fully saturated rings. The normalized spacial score (nSPS) is 16.5. The molecule has 1 unspecified atom stereocenters. The van der Waals surface area contributed by atoms with Crippen LogP contribution in [-0.4, -0.2) is 24.5 Å². The lowest BCUT2D eigenvalue weighted by molar-refractivity contribution is -0.142. The van der Waals surface area contributed by atoms with Crippen molar-refractivity contribution in [3.05, 3.63) is 24.3 Å². The summed E-state index contributed by atoms with van der Waals surface area (Å²) in [6, 6.07) is 6.40. The van der Waals surface area contributed by atoms with E-state index in [4.69, 9.17) is 9.47 Å². The topological polar surface area (TPSA) is 81.7 Å². The second-order valence-electron chi connectivity index (χ2n) is 6.18. The van der Waals surface area contributed by atoms with E-state index in [0.29, 0.717) is 30.9 Å². The highest BCUT2D eigenvalue weighted by molar-refractivity contribution is 6.01. The number of benzene rings is 1. The number of carbonyl (C=O) groups excluding carboxylic acids is 3. The van der Waals surface area contributed by atoms with Crippen molar-refractivity contribution in [1.82, 2.24) is 0 Å². The minimum atomic E-state index is -0.638. The number of amides is 1. The molecule has 0 heterocycles. The van der Waals surface area contributed by atoms with Gasteiger partial charge in [-0.05, 0) is 43.5 Å². The molecular weight excluding hydrogens is 322 g/mol. The van der Waals surface area contributed by atoms with E-state index in [1.165, 1.54) is 0 Å². The largest absolute Gasteiger partial charge is 0.449 e. The maximum atomic E-state index is 11.9. The summed E-state index contributed by atoms with van der Waals surface area (Å²) in [5.74, 6) is -0.844. The lowest BCUT2D eigenvalue weighted by Gasteiger charge is -2.10. The number of unbranched alkanes of at least 4 members (excludes halogenated alkanes) is 3. The van der Waals surface area contributed by atoms with E-state index in [-0.39, 0.29) is 5.78 Å². The van der Waals surface area contributed by atoms with Gasteiger partial charge in [-0.25, -0.2) is 4.79 Å². The second kappa shape index (κ2) is 9.81. The van der Waals surface area contributed by atoms with Crippen LogP contribution >= 0.6 is 0 Å². The molecule has 1 amide bonds. The van der Waals surface area contributed by atoms with Gasteiger partial charge < -0.3 is 9.47 Å². The number of anilines is 1. The Kier molecular flexibility index (Phi) is 7.44. The Balaban J connectivity index is 1.74. The van der Waals surface area contributed by atoms with Crippen LogP contribution in [0.2, 0.25) is 0 Å². The van der Waals surface area contributed by atoms with Gasteiger partial charge in [0, 0.05) is 12.1 Å². The van der Waals surface area contributed by atoms with E-state index in [9.17, 15) is 14.4 Å². The Hall–Kier alpha value is -2.37. The van der Waals surface area contributed by atoms with Gasteiger partial charge in [-0.1, -0.05) is 26.2 Å². The summed E-state index contributed by atoms with van der Waals surface area (Å²) in [6.45, 7) is 2.52. The van der Waals surface area contributed by atoms with Crippen molar-refractivity contribution in [2.75, 3.05) is 11.9 Å². The number of Topliss-reactive ketones (excluding diaryl/α,β-unsaturated/α-hetero) is 1. The highest BCUT2D eigenvalue weighted by Gasteiger charge is 2.32. The molecule has 1 aromatic rings. The minimum Gasteiger partial charge on any atom is -0.449 e. The molecule has 136 valence electrons. The van der Waals surface area contributed by atoms with E-state index >= 15 is 0 Å². The third kappa shape index (κ3) is 6.21. The van der Waals surface area contributed by atoms with Crippen molar-refractivity contribution in [3.63, 3.8) is 0 Å². The first-order chi connectivity index (χ1) is 12.1. The summed E-state index contributed by atoms with van der Waals surface area (Å²) < 4.78 is 10.3. The molecule has 2 rings (SSSR count). The molecule has 1 aliphatic rings. The Labute approximate surface area is 147 Å². The number of rotatable bonds is 8. The third-order valence-corrected chi connectivity index (χ3v) is 4.14. The van der Waals surface area contributed by atoms with Gasteiger partial charge in [0.15, 0.2) is 0 Å². The van der Waals surface area contributed by atoms with Crippen LogP contribution in [0.15, 0.2) is 24.3 Å². The van der Waals surface area contributed by atoms with Crippen LogP contribution in [0.5, 0.6) is 5.75 Å². The van der Waals surface area contributed by atoms with Crippen molar-refractivity contribution >= 4 is 23.5 Å². The Morgan fingerprint density at radius 1 is 1.16 bits per heavy atom. The highest BCUT2D eigenvalue weighted by atomic mass is 16.5. The van der Waals surface area contributed by atoms with Gasteiger partial charge in [-0.3, -0.25) is 14.9 Å². The van der Waals surface area contributed by atoms with Crippen LogP contribution in [0, 0.1) is 5.92 Å². The molecule has 0 radical (unpaired) electrons. The van der Waals surface area contributed by atoms with Gasteiger partial charge in [0.2, 0.25) is 0 Å². The second-order valence-corrected chi connectivity index (χ2v) is 6.18. The van der Waals surface area contributed by atoms with Gasteiger partial charge in [0.25, 0.3) is 0 Å². The molecule has 1 aliphatic carbocycles. The molecule has 0 spiro atoms. The van der Waals surface area contributed by atoms with E-state index in [1.807, 2.05) is 0 Å². The Morgan fingerprint density at radius 3 is 2.56 bits per heavy atom. The average molecular weight is 347 g/mol.